The van der Waals surface area contributed by atoms with E-state index in [1.54, 1.807) is 54.9 Å². The number of hydrogen-bond donors (Lipinski definition) is 2. The van der Waals surface area contributed by atoms with E-state index in [-0.39, 0.29) is 16.3 Å². The third kappa shape index (κ3) is 6.76. The van der Waals surface area contributed by atoms with E-state index in [2.05, 4.69) is 39.6 Å². The maximum atomic E-state index is 12.9. The van der Waals surface area contributed by atoms with Gasteiger partial charge in [0.25, 0.3) is 11.8 Å². The quantitative estimate of drug-likeness (QED) is 0.271. The number of aromatic nitrogens is 1. The Morgan fingerprint density at radius 3 is 2.38 bits per heavy atom. The summed E-state index contributed by atoms with van der Waals surface area (Å²) in [4.78, 5) is 31.9. The number of hydrazone groups is 1. The van der Waals surface area contributed by atoms with Crippen LogP contribution in [0.15, 0.2) is 83.9 Å². The van der Waals surface area contributed by atoms with Crippen molar-refractivity contribution < 1.29 is 9.59 Å². The van der Waals surface area contributed by atoms with E-state index in [9.17, 15) is 9.59 Å². The van der Waals surface area contributed by atoms with Crippen molar-refractivity contribution in [2.75, 3.05) is 18.0 Å². The molecule has 174 valence electrons. The Labute approximate surface area is 204 Å². The third-order valence-corrected chi connectivity index (χ3v) is 5.34. The number of rotatable bonds is 9. The number of carbonyl (C=O) groups is 2. The van der Waals surface area contributed by atoms with Crippen molar-refractivity contribution in [3.05, 3.63) is 100 Å². The van der Waals surface area contributed by atoms with Crippen LogP contribution >= 0.6 is 11.6 Å². The van der Waals surface area contributed by atoms with Gasteiger partial charge in [-0.2, -0.15) is 5.10 Å². The average Bonchev–Trinajstić information content (AvgIpc) is 2.86. The summed E-state index contributed by atoms with van der Waals surface area (Å²) >= 11 is 6.15. The Kier molecular flexibility index (Phi) is 8.94. The molecule has 0 saturated carbocycles. The van der Waals surface area contributed by atoms with Gasteiger partial charge in [0.15, 0.2) is 0 Å². The third-order valence-electron chi connectivity index (χ3n) is 5.01. The van der Waals surface area contributed by atoms with E-state index in [1.807, 2.05) is 24.3 Å². The van der Waals surface area contributed by atoms with Gasteiger partial charge in [-0.25, -0.2) is 5.43 Å². The van der Waals surface area contributed by atoms with Gasteiger partial charge in [0.05, 0.1) is 16.8 Å². The standard InChI is InChI=1S/C26H26ClN5O2/c1-3-32(4-2)21-13-11-19(12-14-21)16-24(30-25(33)22-9-5-6-10-23(22)27)26(34)31-29-18-20-8-7-15-28-17-20/h5-18H,3-4H2,1-2H3,(H,30,33)(H,31,34)/b24-16+,29-18+. The van der Waals surface area contributed by atoms with Crippen LogP contribution in [-0.4, -0.2) is 36.1 Å². The van der Waals surface area contributed by atoms with Crippen LogP contribution in [0.2, 0.25) is 5.02 Å². The van der Waals surface area contributed by atoms with Crippen molar-refractivity contribution >= 4 is 41.4 Å². The lowest BCUT2D eigenvalue weighted by Crippen LogP contribution is -2.33. The lowest BCUT2D eigenvalue weighted by Gasteiger charge is -2.21. The second kappa shape index (κ2) is 12.3. The summed E-state index contributed by atoms with van der Waals surface area (Å²) in [6.07, 6.45) is 6.32. The monoisotopic (exact) mass is 475 g/mol. The predicted molar refractivity (Wildman–Crippen MR) is 137 cm³/mol. The molecule has 0 unspecified atom stereocenters. The Bertz CT molecular complexity index is 1170. The van der Waals surface area contributed by atoms with Crippen molar-refractivity contribution in [1.82, 2.24) is 15.7 Å². The molecule has 1 aromatic heterocycles. The van der Waals surface area contributed by atoms with Crippen LogP contribution in [0.3, 0.4) is 0 Å². The maximum Gasteiger partial charge on any atom is 0.287 e. The van der Waals surface area contributed by atoms with Crippen molar-refractivity contribution in [2.24, 2.45) is 5.10 Å². The summed E-state index contributed by atoms with van der Waals surface area (Å²) < 4.78 is 0. The molecule has 0 bridgehead atoms. The van der Waals surface area contributed by atoms with Gasteiger partial charge in [-0.05, 0) is 55.8 Å². The first-order valence-electron chi connectivity index (χ1n) is 10.9. The molecule has 2 aromatic carbocycles. The van der Waals surface area contributed by atoms with E-state index in [4.69, 9.17) is 11.6 Å². The Hall–Kier alpha value is -3.97. The molecule has 0 atom stereocenters. The second-order valence-corrected chi connectivity index (χ2v) is 7.65. The highest BCUT2D eigenvalue weighted by Crippen LogP contribution is 2.18. The fraction of sp³-hybridized carbons (Fsp3) is 0.154. The Balaban J connectivity index is 1.84. The molecule has 0 saturated heterocycles. The fourth-order valence-corrected chi connectivity index (χ4v) is 3.43. The van der Waals surface area contributed by atoms with Gasteiger partial charge < -0.3 is 10.2 Å². The highest BCUT2D eigenvalue weighted by Gasteiger charge is 2.16. The van der Waals surface area contributed by atoms with E-state index < -0.39 is 11.8 Å². The first-order valence-corrected chi connectivity index (χ1v) is 11.3. The van der Waals surface area contributed by atoms with Crippen LogP contribution in [0.1, 0.15) is 35.3 Å². The average molecular weight is 476 g/mol. The number of anilines is 1. The molecule has 0 aliphatic rings. The molecule has 0 radical (unpaired) electrons. The molecule has 3 rings (SSSR count). The SMILES string of the molecule is CCN(CC)c1ccc(/C=C(/NC(=O)c2ccccc2Cl)C(=O)N/N=C/c2cccnc2)cc1. The molecule has 2 N–H and O–H groups in total. The molecule has 0 aliphatic carbocycles. The minimum atomic E-state index is -0.576. The summed E-state index contributed by atoms with van der Waals surface area (Å²) in [5.74, 6) is -1.07. The van der Waals surface area contributed by atoms with Crippen molar-refractivity contribution in [2.45, 2.75) is 13.8 Å². The van der Waals surface area contributed by atoms with Gasteiger partial charge in [-0.3, -0.25) is 14.6 Å². The number of carbonyl (C=O) groups excluding carboxylic acids is 2. The fourth-order valence-electron chi connectivity index (χ4n) is 3.21. The lowest BCUT2D eigenvalue weighted by atomic mass is 10.1. The molecule has 0 spiro atoms. The summed E-state index contributed by atoms with van der Waals surface area (Å²) in [6, 6.07) is 17.9. The van der Waals surface area contributed by atoms with E-state index in [0.717, 1.165) is 29.9 Å². The van der Waals surface area contributed by atoms with Crippen molar-refractivity contribution in [3.8, 4) is 0 Å². The smallest absolute Gasteiger partial charge is 0.287 e. The summed E-state index contributed by atoms with van der Waals surface area (Å²) in [6.45, 7) is 5.97. The number of nitrogens with one attached hydrogen (secondary N) is 2. The van der Waals surface area contributed by atoms with Gasteiger partial charge in [0, 0.05) is 36.7 Å². The summed E-state index contributed by atoms with van der Waals surface area (Å²) in [5, 5.41) is 6.92. The number of amides is 2. The molecular weight excluding hydrogens is 450 g/mol. The molecule has 7 nitrogen and oxygen atoms in total. The second-order valence-electron chi connectivity index (χ2n) is 7.24. The van der Waals surface area contributed by atoms with Gasteiger partial charge in [0.2, 0.25) is 0 Å². The summed E-state index contributed by atoms with van der Waals surface area (Å²) in [5.41, 5.74) is 5.29. The first kappa shape index (κ1) is 24.7. The number of pyridine rings is 1. The molecule has 3 aromatic rings. The Morgan fingerprint density at radius 2 is 1.74 bits per heavy atom. The van der Waals surface area contributed by atoms with Crippen LogP contribution in [0.25, 0.3) is 6.08 Å². The van der Waals surface area contributed by atoms with Crippen molar-refractivity contribution in [1.29, 1.82) is 0 Å². The molecule has 0 aliphatic heterocycles. The zero-order valence-electron chi connectivity index (χ0n) is 19.0. The van der Waals surface area contributed by atoms with Gasteiger partial charge in [-0.15, -0.1) is 0 Å². The minimum absolute atomic E-state index is 0.0313. The molecule has 2 amide bonds. The van der Waals surface area contributed by atoms with Crippen LogP contribution in [0.4, 0.5) is 5.69 Å². The molecule has 0 fully saturated rings. The largest absolute Gasteiger partial charge is 0.372 e. The first-order chi connectivity index (χ1) is 16.5. The van der Waals surface area contributed by atoms with Crippen LogP contribution < -0.4 is 15.6 Å². The number of benzene rings is 2. The predicted octanol–water partition coefficient (Wildman–Crippen LogP) is 4.50. The van der Waals surface area contributed by atoms with Crippen molar-refractivity contribution in [3.63, 3.8) is 0 Å². The van der Waals surface area contributed by atoms with Gasteiger partial charge in [0.1, 0.15) is 5.70 Å². The van der Waals surface area contributed by atoms with E-state index in [0.29, 0.717) is 0 Å². The van der Waals surface area contributed by atoms with E-state index >= 15 is 0 Å². The number of hydrogen-bond acceptors (Lipinski definition) is 5. The number of halogens is 1. The maximum absolute atomic E-state index is 12.9. The molecule has 34 heavy (non-hydrogen) atoms. The molecule has 1 heterocycles. The van der Waals surface area contributed by atoms with Crippen LogP contribution in [0, 0.1) is 0 Å². The highest BCUT2D eigenvalue weighted by molar-refractivity contribution is 6.34. The molecular formula is C26H26ClN5O2. The van der Waals surface area contributed by atoms with Gasteiger partial charge >= 0.3 is 0 Å². The van der Waals surface area contributed by atoms with Gasteiger partial charge in [-0.1, -0.05) is 41.9 Å². The van der Waals surface area contributed by atoms with E-state index in [1.165, 1.54) is 6.21 Å². The zero-order valence-corrected chi connectivity index (χ0v) is 19.8. The van der Waals surface area contributed by atoms with Crippen LogP contribution in [-0.2, 0) is 4.79 Å². The topological polar surface area (TPSA) is 86.7 Å². The zero-order chi connectivity index (χ0) is 24.3. The Morgan fingerprint density at radius 1 is 1.00 bits per heavy atom. The summed E-state index contributed by atoms with van der Waals surface area (Å²) in [7, 11) is 0. The van der Waals surface area contributed by atoms with Crippen LogP contribution in [0.5, 0.6) is 0 Å². The molecule has 8 heteroatoms. The normalized spacial score (nSPS) is 11.3. The highest BCUT2D eigenvalue weighted by atomic mass is 35.5. The number of nitrogens with zero attached hydrogens (tertiary/aromatic N) is 3. The lowest BCUT2D eigenvalue weighted by molar-refractivity contribution is -0.117. The minimum Gasteiger partial charge on any atom is -0.372 e.